The molecule has 17 rings (SSSR count). The molecule has 30 nitrogen and oxygen atoms in total. The Morgan fingerprint density at radius 3 is 1.10 bits per heavy atom. The number of benzene rings is 4. The van der Waals surface area contributed by atoms with Crippen molar-refractivity contribution >= 4 is 71.1 Å². The summed E-state index contributed by atoms with van der Waals surface area (Å²) in [5, 5.41) is 31.7. The Labute approximate surface area is 807 Å². The number of hydrogen-bond acceptors (Lipinski definition) is 24. The SMILES string of the molecule is C.CCN(CC)CC.CC[C@H]1O[C@@H](n2ccc(NC(=O)C(C)C)nc2=O)CC1O.CC[C@H]1O[C@@H](n2ccc(NC(=O)C(C)C)nc2=O)CC1O[P@@]1O[C@@]2(c3ccccc3)CCCC[C@@H]2N1C.CC[C@H]1O[C@@H](n2ccc(NC(=O)C(C)C)nc2=O)CC1O[P@]1O[C@@]2(c3ccccc3)CCCC[C@@H]2N1C.CN1[C@H]2CCCC[C@]2(c2ccccc2)OP1Cl.CN[C@H]1CCCC[C@@]1(O)c1ccccc1. The Bertz CT molecular complexity index is 4880. The van der Waals surface area contributed by atoms with Crippen LogP contribution >= 0.6 is 35.9 Å². The van der Waals surface area contributed by atoms with Crippen LogP contribution in [0.3, 0.4) is 0 Å². The first-order valence-corrected chi connectivity index (χ1v) is 53.1. The van der Waals surface area contributed by atoms with E-state index in [1.54, 1.807) is 72.1 Å². The topological polar surface area (TPSA) is 331 Å². The first kappa shape index (κ1) is 108. The van der Waals surface area contributed by atoms with Crippen molar-refractivity contribution in [3.63, 3.8) is 0 Å². The number of likely N-dealkylation sites (N-methyl/N-ethyl adjacent to an activating group) is 4. The molecule has 742 valence electrons. The van der Waals surface area contributed by atoms with Crippen LogP contribution in [-0.4, -0.2) is 184 Å². The molecule has 6 aliphatic heterocycles. The van der Waals surface area contributed by atoms with E-state index in [4.69, 9.17) is 48.1 Å². The number of halogens is 1. The van der Waals surface area contributed by atoms with Crippen LogP contribution in [0.4, 0.5) is 17.5 Å². The minimum atomic E-state index is -1.29. The molecule has 3 aromatic heterocycles. The fraction of sp³-hybridized carbons (Fsp3) is 0.614. The summed E-state index contributed by atoms with van der Waals surface area (Å²) in [5.41, 5.74) is 1.82. The number of aliphatic hydroxyl groups is 2. The first-order chi connectivity index (χ1) is 64.4. The summed E-state index contributed by atoms with van der Waals surface area (Å²) in [7, 11) is 4.74. The number of amides is 3. The summed E-state index contributed by atoms with van der Waals surface area (Å²) in [5.74, 6) is -0.434. The molecule has 34 heteroatoms. The quantitative estimate of drug-likeness (QED) is 0.0306. The van der Waals surface area contributed by atoms with Gasteiger partial charge in [0, 0.05) is 67.7 Å². The fourth-order valence-electron chi connectivity index (χ4n) is 20.0. The molecule has 4 saturated carbocycles. The predicted molar refractivity (Wildman–Crippen MR) is 534 cm³/mol. The van der Waals surface area contributed by atoms with Gasteiger partial charge < -0.3 is 73.2 Å². The number of rotatable bonds is 24. The molecule has 9 heterocycles. The first-order valence-electron chi connectivity index (χ1n) is 48.8. The number of ether oxygens (including phenoxy) is 3. The molecule has 3 amide bonds. The van der Waals surface area contributed by atoms with E-state index >= 15 is 0 Å². The summed E-state index contributed by atoms with van der Waals surface area (Å²) in [6.45, 7) is 26.8. The number of fused-ring (bicyclic) bond motifs is 3. The molecule has 4 unspecified atom stereocenters. The van der Waals surface area contributed by atoms with Gasteiger partial charge in [0.05, 0.1) is 48.7 Å². The van der Waals surface area contributed by atoms with E-state index in [-0.39, 0.29) is 126 Å². The molecule has 0 bridgehead atoms. The average Bonchev–Trinajstić information content (AvgIpc) is 1.60. The highest BCUT2D eigenvalue weighted by molar-refractivity contribution is 7.78. The molecule has 6 N–H and O–H groups in total. The Morgan fingerprint density at radius 1 is 0.459 bits per heavy atom. The zero-order chi connectivity index (χ0) is 96.2. The lowest BCUT2D eigenvalue weighted by Gasteiger charge is -2.40. The molecule has 20 atom stereocenters. The van der Waals surface area contributed by atoms with Crippen molar-refractivity contribution in [3.8, 4) is 0 Å². The number of nitrogens with one attached hydrogen (secondary N) is 4. The molecular formula is C101H150ClN14O16P3. The van der Waals surface area contributed by atoms with Gasteiger partial charge >= 0.3 is 17.1 Å². The van der Waals surface area contributed by atoms with E-state index in [1.807, 2.05) is 56.4 Å². The van der Waals surface area contributed by atoms with Crippen LogP contribution in [0, 0.1) is 17.8 Å². The van der Waals surface area contributed by atoms with Gasteiger partial charge in [0.2, 0.25) is 25.4 Å². The minimum absolute atomic E-state index is 0. The second-order valence-corrected chi connectivity index (χ2v) is 42.5. The molecular weight excluding hydrogens is 1790 g/mol. The van der Waals surface area contributed by atoms with Crippen molar-refractivity contribution in [1.82, 2.24) is 52.9 Å². The lowest BCUT2D eigenvalue weighted by molar-refractivity contribution is -0.119. The van der Waals surface area contributed by atoms with Crippen LogP contribution in [0.2, 0.25) is 0 Å². The van der Waals surface area contributed by atoms with Gasteiger partial charge in [-0.2, -0.15) is 15.0 Å². The third-order valence-electron chi connectivity index (χ3n) is 27.9. The van der Waals surface area contributed by atoms with Gasteiger partial charge in [0.25, 0.3) is 17.1 Å². The maximum Gasteiger partial charge on any atom is 0.351 e. The van der Waals surface area contributed by atoms with Gasteiger partial charge in [0.1, 0.15) is 58.5 Å². The number of carbonyl (C=O) groups is 3. The van der Waals surface area contributed by atoms with E-state index in [9.17, 15) is 39.0 Å². The minimum Gasteiger partial charge on any atom is -0.390 e. The Kier molecular flexibility index (Phi) is 40.4. The standard InChI is InChI=1S/2C27H37N4O5P.C14H21N3O4.C13H17ClNOP.C13H19NO.C6H15N.CH4/c2*1-5-20-21(17-24(34-20)31-16-14-23(29-26(31)33)28-25(32)18(2)3)35-37-30(4)22-13-9-10-15-27(22,36-37)19-11-7-6-8-12-19;1-4-10-9(18)7-12(21-10)17-6-5-11(16-14(17)20)15-13(19)8(2)3;1-15-12-9-5-6-10-13(12,16-17(15)14)11-7-3-2-4-8-11;1-14-12-9-5-6-10-13(12,15)11-7-3-2-4-8-11;1-4-7(5-2)6-3;/h2*6-8,11-12,14,16,18,20-22,24H,5,9-10,13,15,17H2,1-4H3,(H,28,29,32,33);5-6,8-10,12,18H,4,7H2,1-3H3,(H,15,16,19,20);2-4,7-8,12H,5-6,9-10H2,1H3;2-4,7-8,12,14-15H,5-6,9-10H2,1H3;4-6H2,1-3H3;1H4/t20-,21?,22+,24-,27-,37+;20-,21?,22+,24-,27-,37-;9?,10-,12-;12-,13+,17?;12-,13+;;/m11100../s1. The summed E-state index contributed by atoms with van der Waals surface area (Å²) < 4.78 is 62.5. The summed E-state index contributed by atoms with van der Waals surface area (Å²) >= 11 is 6.35. The smallest absolute Gasteiger partial charge is 0.351 e. The van der Waals surface area contributed by atoms with Crippen molar-refractivity contribution in [2.45, 2.75) is 334 Å². The lowest BCUT2D eigenvalue weighted by Crippen LogP contribution is -2.49. The number of carbonyl (C=O) groups excluding carboxylic acids is 3. The van der Waals surface area contributed by atoms with Gasteiger partial charge in [-0.05, 0) is 170 Å². The number of nitrogens with zero attached hydrogens (tertiary/aromatic N) is 10. The van der Waals surface area contributed by atoms with Crippen molar-refractivity contribution in [2.24, 2.45) is 17.8 Å². The van der Waals surface area contributed by atoms with Crippen LogP contribution in [-0.2, 0) is 73.6 Å². The lowest BCUT2D eigenvalue weighted by atomic mass is 9.76. The highest BCUT2D eigenvalue weighted by Crippen LogP contribution is 2.68. The molecule has 7 aromatic rings. The third kappa shape index (κ3) is 25.8. The van der Waals surface area contributed by atoms with Crippen molar-refractivity contribution in [2.75, 3.05) is 63.8 Å². The number of anilines is 3. The molecule has 0 radical (unpaired) electrons. The second kappa shape index (κ2) is 50.3. The summed E-state index contributed by atoms with van der Waals surface area (Å²) in [6.07, 6.45) is 23.2. The van der Waals surface area contributed by atoms with Crippen molar-refractivity contribution in [3.05, 3.63) is 212 Å². The number of hydrogen-bond donors (Lipinski definition) is 6. The van der Waals surface area contributed by atoms with Gasteiger partial charge in [-0.1, -0.05) is 263 Å². The second-order valence-electron chi connectivity index (χ2n) is 37.4. The van der Waals surface area contributed by atoms with E-state index in [0.29, 0.717) is 31.7 Å². The largest absolute Gasteiger partial charge is 0.390 e. The van der Waals surface area contributed by atoms with Crippen LogP contribution in [0.1, 0.15) is 273 Å². The van der Waals surface area contributed by atoms with Crippen LogP contribution in [0.5, 0.6) is 0 Å². The molecule has 10 fully saturated rings. The predicted octanol–water partition coefficient (Wildman–Crippen LogP) is 19.1. The van der Waals surface area contributed by atoms with Crippen molar-refractivity contribution in [1.29, 1.82) is 0 Å². The normalized spacial score (nSPS) is 30.3. The highest BCUT2D eigenvalue weighted by atomic mass is 35.7. The number of aromatic nitrogens is 6. The van der Waals surface area contributed by atoms with Gasteiger partial charge in [-0.3, -0.25) is 28.1 Å². The van der Waals surface area contributed by atoms with Crippen LogP contribution in [0.15, 0.2) is 173 Å². The Hall–Kier alpha value is -7.09. The Morgan fingerprint density at radius 2 is 0.778 bits per heavy atom. The van der Waals surface area contributed by atoms with Gasteiger partial charge in [-0.15, -0.1) is 0 Å². The van der Waals surface area contributed by atoms with Crippen molar-refractivity contribution < 1.29 is 61.4 Å². The third-order valence-corrected chi connectivity index (χ3v) is 33.5. The van der Waals surface area contributed by atoms with Gasteiger partial charge in [0.15, 0.2) is 0 Å². The Balaban J connectivity index is 0.000000166. The molecule has 135 heavy (non-hydrogen) atoms. The molecule has 0 spiro atoms. The monoisotopic (exact) mass is 1940 g/mol. The molecule has 4 aliphatic carbocycles. The van der Waals surface area contributed by atoms with Gasteiger partial charge in [-0.25, -0.2) is 28.4 Å². The molecule has 6 saturated heterocycles. The van der Waals surface area contributed by atoms with E-state index in [1.165, 1.54) is 94.7 Å². The average molecular weight is 1940 g/mol. The van der Waals surface area contributed by atoms with Crippen LogP contribution in [0.25, 0.3) is 0 Å². The fourth-order valence-corrected chi connectivity index (χ4v) is 25.7. The highest BCUT2D eigenvalue weighted by Gasteiger charge is 2.59. The maximum atomic E-state index is 12.8. The summed E-state index contributed by atoms with van der Waals surface area (Å²) in [6, 6.07) is 47.7. The molecule has 10 aliphatic rings. The number of aliphatic hydroxyl groups excluding tert-OH is 1. The maximum absolute atomic E-state index is 12.8. The van der Waals surface area contributed by atoms with E-state index in [2.05, 4.69) is 190 Å². The van der Waals surface area contributed by atoms with Crippen LogP contribution < -0.4 is 38.3 Å². The van der Waals surface area contributed by atoms with E-state index in [0.717, 1.165) is 82.6 Å². The zero-order valence-electron chi connectivity index (χ0n) is 81.2. The summed E-state index contributed by atoms with van der Waals surface area (Å²) in [4.78, 5) is 87.4. The molecule has 4 aromatic carbocycles. The zero-order valence-corrected chi connectivity index (χ0v) is 84.7. The van der Waals surface area contributed by atoms with E-state index < -0.39 is 72.2 Å².